The number of carbonyl (C=O) groups excluding carboxylic acids is 2. The molecule has 126 valence electrons. The second-order valence-electron chi connectivity index (χ2n) is 4.79. The van der Waals surface area contributed by atoms with Gasteiger partial charge >= 0.3 is 5.97 Å². The van der Waals surface area contributed by atoms with Crippen molar-refractivity contribution in [1.82, 2.24) is 0 Å². The summed E-state index contributed by atoms with van der Waals surface area (Å²) in [6.07, 6.45) is 1.25. The number of benzene rings is 2. The Hall–Kier alpha value is -3.30. The summed E-state index contributed by atoms with van der Waals surface area (Å²) >= 11 is 6.01. The molecule has 0 spiro atoms. The van der Waals surface area contributed by atoms with E-state index in [4.69, 9.17) is 11.6 Å². The molecule has 25 heavy (non-hydrogen) atoms. The average molecular weight is 356 g/mol. The Morgan fingerprint density at radius 1 is 1.12 bits per heavy atom. The maximum absolute atomic E-state index is 12.3. The van der Waals surface area contributed by atoms with Crippen LogP contribution in [0.4, 0.5) is 11.4 Å². The van der Waals surface area contributed by atoms with Gasteiger partial charge in [0.05, 0.1) is 29.1 Å². The van der Waals surface area contributed by atoms with E-state index < -0.39 is 11.9 Å². The third-order valence-electron chi connectivity index (χ3n) is 3.19. The molecule has 0 aliphatic heterocycles. The van der Waals surface area contributed by atoms with Gasteiger partial charge in [-0.15, -0.1) is 0 Å². The lowest BCUT2D eigenvalue weighted by Gasteiger charge is -2.09. The zero-order chi connectivity index (χ0) is 18.2. The van der Waals surface area contributed by atoms with E-state index in [0.717, 1.165) is 0 Å². The largest absolute Gasteiger partial charge is 0.465 e. The number of methoxy groups -OCH3 is 1. The van der Waals surface area contributed by atoms with Crippen molar-refractivity contribution in [1.29, 1.82) is 5.26 Å². The molecule has 0 heterocycles. The molecule has 0 saturated heterocycles. The SMILES string of the molecule is COC(=O)c1ccccc1NC(=O)/C(C#N)=C\Nc1ccccc1Cl. The highest BCUT2D eigenvalue weighted by atomic mass is 35.5. The minimum absolute atomic E-state index is 0.181. The first-order valence-corrected chi connectivity index (χ1v) is 7.54. The molecule has 0 bridgehead atoms. The fourth-order valence-electron chi connectivity index (χ4n) is 1.95. The standard InChI is InChI=1S/C18H14ClN3O3/c1-25-18(24)13-6-2-4-8-15(13)22-17(23)12(10-20)11-21-16-9-5-3-7-14(16)19/h2-9,11,21H,1H3,(H,22,23)/b12-11-. The van der Waals surface area contributed by atoms with E-state index in [9.17, 15) is 14.9 Å². The molecule has 0 radical (unpaired) electrons. The highest BCUT2D eigenvalue weighted by Crippen LogP contribution is 2.21. The third-order valence-corrected chi connectivity index (χ3v) is 3.52. The molecule has 0 aromatic heterocycles. The molecule has 2 rings (SSSR count). The summed E-state index contributed by atoms with van der Waals surface area (Å²) in [6.45, 7) is 0. The predicted octanol–water partition coefficient (Wildman–Crippen LogP) is 3.58. The van der Waals surface area contributed by atoms with Crippen molar-refractivity contribution in [2.75, 3.05) is 17.7 Å². The number of hydrogen-bond donors (Lipinski definition) is 2. The van der Waals surface area contributed by atoms with Gasteiger partial charge in [0.1, 0.15) is 11.6 Å². The van der Waals surface area contributed by atoms with Crippen molar-refractivity contribution in [3.05, 3.63) is 70.9 Å². The highest BCUT2D eigenvalue weighted by Gasteiger charge is 2.15. The number of nitrogens with zero attached hydrogens (tertiary/aromatic N) is 1. The zero-order valence-electron chi connectivity index (χ0n) is 13.2. The van der Waals surface area contributed by atoms with Crippen molar-refractivity contribution in [2.24, 2.45) is 0 Å². The van der Waals surface area contributed by atoms with Crippen LogP contribution in [0.2, 0.25) is 5.02 Å². The van der Waals surface area contributed by atoms with Gasteiger partial charge in [-0.2, -0.15) is 5.26 Å². The van der Waals surface area contributed by atoms with Crippen LogP contribution in [0.15, 0.2) is 60.3 Å². The number of hydrogen-bond acceptors (Lipinski definition) is 5. The molecule has 0 atom stereocenters. The van der Waals surface area contributed by atoms with Crippen molar-refractivity contribution in [3.63, 3.8) is 0 Å². The Morgan fingerprint density at radius 2 is 1.76 bits per heavy atom. The molecule has 0 aliphatic rings. The van der Waals surface area contributed by atoms with Gasteiger partial charge in [-0.1, -0.05) is 35.9 Å². The molecule has 1 amide bonds. The number of halogens is 1. The van der Waals surface area contributed by atoms with Crippen molar-refractivity contribution in [2.45, 2.75) is 0 Å². The number of carbonyl (C=O) groups is 2. The van der Waals surface area contributed by atoms with Crippen LogP contribution in [0.25, 0.3) is 0 Å². The summed E-state index contributed by atoms with van der Waals surface area (Å²) in [4.78, 5) is 24.0. The number of esters is 1. The Bertz CT molecular complexity index is 872. The quantitative estimate of drug-likeness (QED) is 0.486. The number of rotatable bonds is 5. The van der Waals surface area contributed by atoms with Gasteiger partial charge in [-0.3, -0.25) is 4.79 Å². The molecule has 2 aromatic carbocycles. The van der Waals surface area contributed by atoms with Gasteiger partial charge in [-0.05, 0) is 24.3 Å². The van der Waals surface area contributed by atoms with Crippen LogP contribution in [-0.4, -0.2) is 19.0 Å². The first kappa shape index (κ1) is 18.0. The molecule has 0 fully saturated rings. The number of para-hydroxylation sites is 2. The smallest absolute Gasteiger partial charge is 0.339 e. The van der Waals surface area contributed by atoms with E-state index in [2.05, 4.69) is 15.4 Å². The summed E-state index contributed by atoms with van der Waals surface area (Å²) in [5.41, 5.74) is 0.812. The Balaban J connectivity index is 2.19. The van der Waals surface area contributed by atoms with E-state index >= 15 is 0 Å². The lowest BCUT2D eigenvalue weighted by atomic mass is 10.1. The molecule has 0 saturated carbocycles. The summed E-state index contributed by atoms with van der Waals surface area (Å²) in [7, 11) is 1.25. The van der Waals surface area contributed by atoms with Crippen molar-refractivity contribution < 1.29 is 14.3 Å². The second-order valence-corrected chi connectivity index (χ2v) is 5.19. The van der Waals surface area contributed by atoms with Crippen molar-refractivity contribution in [3.8, 4) is 6.07 Å². The van der Waals surface area contributed by atoms with E-state index in [0.29, 0.717) is 10.7 Å². The molecular formula is C18H14ClN3O3. The van der Waals surface area contributed by atoms with Gasteiger partial charge in [-0.25, -0.2) is 4.79 Å². The number of ether oxygens (including phenoxy) is 1. The topological polar surface area (TPSA) is 91.2 Å². The van der Waals surface area contributed by atoms with Crippen molar-refractivity contribution >= 4 is 34.9 Å². The summed E-state index contributed by atoms with van der Waals surface area (Å²) < 4.78 is 4.67. The maximum Gasteiger partial charge on any atom is 0.339 e. The normalized spacial score (nSPS) is 10.5. The number of amides is 1. The molecular weight excluding hydrogens is 342 g/mol. The fourth-order valence-corrected chi connectivity index (χ4v) is 2.14. The summed E-state index contributed by atoms with van der Waals surface area (Å²) in [6, 6.07) is 15.1. The minimum Gasteiger partial charge on any atom is -0.465 e. The van der Waals surface area contributed by atoms with E-state index in [1.807, 2.05) is 0 Å². The molecule has 0 unspecified atom stereocenters. The Kier molecular flexibility index (Phi) is 6.15. The van der Waals surface area contributed by atoms with Crippen LogP contribution in [-0.2, 0) is 9.53 Å². The van der Waals surface area contributed by atoms with Crippen LogP contribution < -0.4 is 10.6 Å². The molecule has 0 aliphatic carbocycles. The second kappa shape index (κ2) is 8.52. The van der Waals surface area contributed by atoms with Gasteiger partial charge in [0.2, 0.25) is 0 Å². The average Bonchev–Trinajstić information content (AvgIpc) is 2.63. The predicted molar refractivity (Wildman–Crippen MR) is 95.2 cm³/mol. The first-order chi connectivity index (χ1) is 12.1. The Morgan fingerprint density at radius 3 is 2.40 bits per heavy atom. The van der Waals surface area contributed by atoms with Crippen LogP contribution in [0, 0.1) is 11.3 Å². The van der Waals surface area contributed by atoms with Crippen LogP contribution in [0.5, 0.6) is 0 Å². The fraction of sp³-hybridized carbons (Fsp3) is 0.0556. The van der Waals surface area contributed by atoms with Gasteiger partial charge in [0.15, 0.2) is 0 Å². The monoisotopic (exact) mass is 355 g/mol. The lowest BCUT2D eigenvalue weighted by molar-refractivity contribution is -0.112. The van der Waals surface area contributed by atoms with Crippen LogP contribution >= 0.6 is 11.6 Å². The minimum atomic E-state index is -0.668. The van der Waals surface area contributed by atoms with Crippen LogP contribution in [0.3, 0.4) is 0 Å². The maximum atomic E-state index is 12.3. The van der Waals surface area contributed by atoms with Gasteiger partial charge in [0.25, 0.3) is 5.91 Å². The number of anilines is 2. The van der Waals surface area contributed by atoms with Crippen LogP contribution in [0.1, 0.15) is 10.4 Å². The number of nitrogens with one attached hydrogen (secondary N) is 2. The molecule has 2 aromatic rings. The summed E-state index contributed by atoms with van der Waals surface area (Å²) in [5, 5.41) is 15.0. The summed E-state index contributed by atoms with van der Waals surface area (Å²) in [5.74, 6) is -1.26. The number of nitriles is 1. The van der Waals surface area contributed by atoms with E-state index in [1.54, 1.807) is 48.5 Å². The first-order valence-electron chi connectivity index (χ1n) is 7.17. The Labute approximate surface area is 149 Å². The molecule has 7 heteroatoms. The molecule has 6 nitrogen and oxygen atoms in total. The van der Waals surface area contributed by atoms with Gasteiger partial charge in [0, 0.05) is 6.20 Å². The van der Waals surface area contributed by atoms with E-state index in [-0.39, 0.29) is 16.8 Å². The lowest BCUT2D eigenvalue weighted by Crippen LogP contribution is -2.17. The highest BCUT2D eigenvalue weighted by molar-refractivity contribution is 6.33. The van der Waals surface area contributed by atoms with Gasteiger partial charge < -0.3 is 15.4 Å². The third kappa shape index (κ3) is 4.59. The zero-order valence-corrected chi connectivity index (χ0v) is 14.0. The molecule has 2 N–H and O–H groups in total. The van der Waals surface area contributed by atoms with E-state index in [1.165, 1.54) is 19.4 Å².